The van der Waals surface area contributed by atoms with E-state index in [0.717, 1.165) is 65.0 Å². The van der Waals surface area contributed by atoms with E-state index in [0.29, 0.717) is 11.0 Å². The van der Waals surface area contributed by atoms with Gasteiger partial charge in [-0.2, -0.15) is 4.98 Å². The largest absolute Gasteiger partial charge is 0.393 e. The molecule has 1 fully saturated rings. The quantitative estimate of drug-likeness (QED) is 0.421. The van der Waals surface area contributed by atoms with Crippen molar-refractivity contribution in [2.24, 2.45) is 0 Å². The van der Waals surface area contributed by atoms with Gasteiger partial charge in [-0.25, -0.2) is 15.0 Å². The van der Waals surface area contributed by atoms with Crippen molar-refractivity contribution in [3.8, 4) is 17.2 Å². The lowest BCUT2D eigenvalue weighted by Crippen LogP contribution is -2.22. The Morgan fingerprint density at radius 1 is 1.00 bits per heavy atom. The van der Waals surface area contributed by atoms with E-state index in [1.165, 1.54) is 0 Å². The monoisotopic (exact) mass is 459 g/mol. The molecule has 1 saturated carbocycles. The van der Waals surface area contributed by atoms with E-state index in [2.05, 4.69) is 14.5 Å². The van der Waals surface area contributed by atoms with Gasteiger partial charge in [-0.05, 0) is 62.9 Å². The second-order valence-electron chi connectivity index (χ2n) is 8.52. The zero-order valence-corrected chi connectivity index (χ0v) is 18.8. The van der Waals surface area contributed by atoms with Crippen LogP contribution in [0.4, 0.5) is 0 Å². The van der Waals surface area contributed by atoms with Gasteiger partial charge < -0.3 is 9.67 Å². The van der Waals surface area contributed by atoms with Gasteiger partial charge in [0.15, 0.2) is 5.65 Å². The van der Waals surface area contributed by atoms with Crippen molar-refractivity contribution in [1.29, 1.82) is 0 Å². The van der Waals surface area contributed by atoms with Crippen LogP contribution < -0.4 is 0 Å². The van der Waals surface area contributed by atoms with Gasteiger partial charge in [0.25, 0.3) is 0 Å². The summed E-state index contributed by atoms with van der Waals surface area (Å²) in [6, 6.07) is 9.68. The third-order valence-corrected chi connectivity index (χ3v) is 6.65. The molecule has 166 valence electrons. The maximum absolute atomic E-state index is 10.0. The van der Waals surface area contributed by atoms with Crippen LogP contribution in [0.25, 0.3) is 39.4 Å². The molecular weight excluding hydrogens is 438 g/mol. The van der Waals surface area contributed by atoms with Crippen molar-refractivity contribution in [2.45, 2.75) is 44.8 Å². The van der Waals surface area contributed by atoms with Crippen LogP contribution in [0.15, 0.2) is 49.1 Å². The Balaban J connectivity index is 1.62. The van der Waals surface area contributed by atoms with Crippen molar-refractivity contribution in [2.75, 3.05) is 0 Å². The number of fused-ring (bicyclic) bond motifs is 2. The van der Waals surface area contributed by atoms with Crippen molar-refractivity contribution in [1.82, 2.24) is 34.1 Å². The molecule has 5 aromatic rings. The summed E-state index contributed by atoms with van der Waals surface area (Å²) in [6.07, 6.45) is 8.35. The number of imidazole rings is 2. The summed E-state index contributed by atoms with van der Waals surface area (Å²) in [5.41, 5.74) is 4.88. The number of aromatic nitrogens is 7. The fourth-order valence-electron chi connectivity index (χ4n) is 4.78. The minimum atomic E-state index is -0.226. The van der Waals surface area contributed by atoms with Crippen LogP contribution in [0.1, 0.15) is 37.5 Å². The number of halogens is 1. The maximum atomic E-state index is 10.0. The smallest absolute Gasteiger partial charge is 0.238 e. The third-order valence-electron chi connectivity index (χ3n) is 6.41. The van der Waals surface area contributed by atoms with Crippen LogP contribution in [0.3, 0.4) is 0 Å². The molecule has 4 aromatic heterocycles. The van der Waals surface area contributed by atoms with E-state index < -0.39 is 0 Å². The summed E-state index contributed by atoms with van der Waals surface area (Å²) in [6.45, 7) is 2.01. The highest BCUT2D eigenvalue weighted by atomic mass is 35.5. The highest BCUT2D eigenvalue weighted by Gasteiger charge is 2.26. The first-order valence-corrected chi connectivity index (χ1v) is 11.4. The number of aliphatic hydroxyl groups is 1. The molecule has 0 radical (unpaired) electrons. The van der Waals surface area contributed by atoms with Gasteiger partial charge in [0.1, 0.15) is 23.4 Å². The molecule has 0 amide bonds. The first-order valence-electron chi connectivity index (χ1n) is 11.1. The number of nitrogens with zero attached hydrogens (tertiary/aromatic N) is 7. The number of rotatable bonds is 3. The van der Waals surface area contributed by atoms with Crippen LogP contribution in [-0.2, 0) is 0 Å². The summed E-state index contributed by atoms with van der Waals surface area (Å²) in [4.78, 5) is 23.5. The fraction of sp³-hybridized carbons (Fsp3) is 0.292. The molecule has 0 bridgehead atoms. The molecule has 4 heterocycles. The molecular formula is C24H22ClN7O. The lowest BCUT2D eigenvalue weighted by Gasteiger charge is -2.27. The predicted octanol–water partition coefficient (Wildman–Crippen LogP) is 4.67. The van der Waals surface area contributed by atoms with Crippen molar-refractivity contribution in [3.63, 3.8) is 0 Å². The SMILES string of the molecule is Cc1nc2c(-c3ccncc3)nc(-n3cnc4ccc(Cl)cc43)nc2n1C1CCC(O)CC1. The maximum Gasteiger partial charge on any atom is 0.238 e. The van der Waals surface area contributed by atoms with Gasteiger partial charge in [0.05, 0.1) is 17.1 Å². The van der Waals surface area contributed by atoms with Gasteiger partial charge in [0.2, 0.25) is 5.95 Å². The molecule has 0 atom stereocenters. The number of hydrogen-bond donors (Lipinski definition) is 1. The Bertz CT molecular complexity index is 1470. The molecule has 0 aliphatic heterocycles. The molecule has 9 heteroatoms. The van der Waals surface area contributed by atoms with Gasteiger partial charge in [0, 0.05) is 29.0 Å². The Labute approximate surface area is 194 Å². The number of aryl methyl sites for hydroxylation is 1. The minimum Gasteiger partial charge on any atom is -0.393 e. The minimum absolute atomic E-state index is 0.226. The lowest BCUT2D eigenvalue weighted by molar-refractivity contribution is 0.111. The first-order chi connectivity index (χ1) is 16.1. The Kier molecular flexibility index (Phi) is 4.85. The third kappa shape index (κ3) is 3.46. The standard InChI is InChI=1S/C24H22ClN7O/c1-14-28-22-21(15-8-10-26-11-9-15)29-24(31-13-27-19-7-2-16(25)12-20(19)31)30-23(22)32(14)17-3-5-18(33)6-4-17/h2,7-13,17-18,33H,3-6H2,1H3. The summed E-state index contributed by atoms with van der Waals surface area (Å²) < 4.78 is 4.08. The molecule has 1 aliphatic carbocycles. The second kappa shape index (κ2) is 7.90. The van der Waals surface area contributed by atoms with Crippen molar-refractivity contribution >= 4 is 33.8 Å². The molecule has 0 unspecified atom stereocenters. The Morgan fingerprint density at radius 3 is 2.58 bits per heavy atom. The molecule has 1 aliphatic rings. The second-order valence-corrected chi connectivity index (χ2v) is 8.96. The number of hydrogen-bond acceptors (Lipinski definition) is 6. The van der Waals surface area contributed by atoms with Crippen LogP contribution in [0.5, 0.6) is 0 Å². The van der Waals surface area contributed by atoms with Crippen LogP contribution in [-0.4, -0.2) is 45.3 Å². The van der Waals surface area contributed by atoms with Gasteiger partial charge in [-0.1, -0.05) is 11.6 Å². The zero-order chi connectivity index (χ0) is 22.5. The zero-order valence-electron chi connectivity index (χ0n) is 18.1. The predicted molar refractivity (Wildman–Crippen MR) is 126 cm³/mol. The van der Waals surface area contributed by atoms with Gasteiger partial charge in [-0.15, -0.1) is 0 Å². The molecule has 33 heavy (non-hydrogen) atoms. The van der Waals surface area contributed by atoms with E-state index in [9.17, 15) is 5.11 Å². The highest BCUT2D eigenvalue weighted by Crippen LogP contribution is 2.35. The van der Waals surface area contributed by atoms with E-state index >= 15 is 0 Å². The Morgan fingerprint density at radius 2 is 1.79 bits per heavy atom. The van der Waals surface area contributed by atoms with E-state index in [1.807, 2.05) is 41.8 Å². The molecule has 8 nitrogen and oxygen atoms in total. The molecule has 1 N–H and O–H groups in total. The topological polar surface area (TPSA) is 94.5 Å². The summed E-state index contributed by atoms with van der Waals surface area (Å²) in [5, 5.41) is 10.6. The molecule has 6 rings (SSSR count). The molecule has 1 aromatic carbocycles. The highest BCUT2D eigenvalue weighted by molar-refractivity contribution is 6.31. The van der Waals surface area contributed by atoms with Gasteiger partial charge >= 0.3 is 0 Å². The molecule has 0 spiro atoms. The van der Waals surface area contributed by atoms with E-state index in [1.54, 1.807) is 18.7 Å². The number of benzene rings is 1. The van der Waals surface area contributed by atoms with Crippen LogP contribution in [0, 0.1) is 6.92 Å². The molecule has 0 saturated heterocycles. The fourth-order valence-corrected chi connectivity index (χ4v) is 4.95. The first kappa shape index (κ1) is 20.3. The summed E-state index contributed by atoms with van der Waals surface area (Å²) >= 11 is 6.28. The lowest BCUT2D eigenvalue weighted by atomic mass is 9.93. The van der Waals surface area contributed by atoms with Crippen molar-refractivity contribution < 1.29 is 5.11 Å². The summed E-state index contributed by atoms with van der Waals surface area (Å²) in [7, 11) is 0. The van der Waals surface area contributed by atoms with Crippen molar-refractivity contribution in [3.05, 3.63) is 59.9 Å². The van der Waals surface area contributed by atoms with Crippen LogP contribution >= 0.6 is 11.6 Å². The van der Waals surface area contributed by atoms with E-state index in [-0.39, 0.29) is 12.1 Å². The average Bonchev–Trinajstić information content (AvgIpc) is 3.39. The summed E-state index contributed by atoms with van der Waals surface area (Å²) in [5.74, 6) is 1.41. The average molecular weight is 460 g/mol. The van der Waals surface area contributed by atoms with E-state index in [4.69, 9.17) is 26.6 Å². The van der Waals surface area contributed by atoms with Gasteiger partial charge in [-0.3, -0.25) is 9.55 Å². The number of aliphatic hydroxyl groups excluding tert-OH is 1. The normalized spacial score (nSPS) is 18.9. The number of pyridine rings is 1. The van der Waals surface area contributed by atoms with Crippen LogP contribution in [0.2, 0.25) is 5.02 Å². The Hall–Kier alpha value is -3.36.